The van der Waals surface area contributed by atoms with Crippen LogP contribution in [0, 0.1) is 12.8 Å². The molecule has 0 radical (unpaired) electrons. The Morgan fingerprint density at radius 3 is 2.75 bits per heavy atom. The number of nitrogens with zero attached hydrogens (tertiary/aromatic N) is 4. The molecule has 2 saturated heterocycles. The second-order valence-corrected chi connectivity index (χ2v) is 7.67. The third-order valence-corrected chi connectivity index (χ3v) is 5.65. The van der Waals surface area contributed by atoms with Gasteiger partial charge < -0.3 is 19.3 Å². The van der Waals surface area contributed by atoms with Crippen molar-refractivity contribution in [2.75, 3.05) is 51.4 Å². The van der Waals surface area contributed by atoms with Gasteiger partial charge in [-0.05, 0) is 25.8 Å². The van der Waals surface area contributed by atoms with Crippen LogP contribution in [0.2, 0.25) is 0 Å². The fourth-order valence-corrected chi connectivity index (χ4v) is 4.04. The van der Waals surface area contributed by atoms with E-state index in [-0.39, 0.29) is 17.9 Å². The normalized spacial score (nSPS) is 21.1. The first-order valence-corrected chi connectivity index (χ1v) is 10.0. The molecule has 28 heavy (non-hydrogen) atoms. The van der Waals surface area contributed by atoms with Crippen LogP contribution >= 0.6 is 0 Å². The Bertz CT molecular complexity index is 830. The van der Waals surface area contributed by atoms with Crippen molar-refractivity contribution < 1.29 is 14.3 Å². The van der Waals surface area contributed by atoms with E-state index in [9.17, 15) is 4.79 Å². The first-order chi connectivity index (χ1) is 13.6. The summed E-state index contributed by atoms with van der Waals surface area (Å²) in [7, 11) is 1.86. The molecule has 4 rings (SSSR count). The summed E-state index contributed by atoms with van der Waals surface area (Å²) in [5.41, 5.74) is 1.96. The highest BCUT2D eigenvalue weighted by atomic mass is 16.6. The molecule has 1 aromatic heterocycles. The van der Waals surface area contributed by atoms with Crippen LogP contribution < -0.4 is 4.90 Å². The number of aromatic nitrogens is 2. The summed E-state index contributed by atoms with van der Waals surface area (Å²) in [6, 6.07) is 8.09. The van der Waals surface area contributed by atoms with Gasteiger partial charge in [0.15, 0.2) is 0 Å². The van der Waals surface area contributed by atoms with Gasteiger partial charge in [-0.15, -0.1) is 0 Å². The summed E-state index contributed by atoms with van der Waals surface area (Å²) in [5.74, 6) is 1.01. The smallest absolute Gasteiger partial charge is 0.226 e. The predicted molar refractivity (Wildman–Crippen MR) is 107 cm³/mol. The summed E-state index contributed by atoms with van der Waals surface area (Å²) in [4.78, 5) is 26.2. The molecule has 2 fully saturated rings. The first kappa shape index (κ1) is 19.1. The van der Waals surface area contributed by atoms with Crippen LogP contribution in [0.25, 0.3) is 10.9 Å². The Kier molecular flexibility index (Phi) is 5.73. The number of rotatable bonds is 4. The zero-order valence-corrected chi connectivity index (χ0v) is 16.6. The van der Waals surface area contributed by atoms with Crippen LogP contribution in [0.4, 0.5) is 5.95 Å². The van der Waals surface area contributed by atoms with Gasteiger partial charge in [0.2, 0.25) is 11.9 Å². The largest absolute Gasteiger partial charge is 0.376 e. The summed E-state index contributed by atoms with van der Waals surface area (Å²) < 4.78 is 11.1. The molecule has 2 aromatic rings. The van der Waals surface area contributed by atoms with Crippen molar-refractivity contribution in [2.45, 2.75) is 25.9 Å². The molecule has 1 aromatic carbocycles. The average Bonchev–Trinajstić information content (AvgIpc) is 2.74. The molecule has 0 aliphatic carbocycles. The molecule has 0 bridgehead atoms. The number of hydrogen-bond acceptors (Lipinski definition) is 6. The Balaban J connectivity index is 1.35. The molecule has 150 valence electrons. The van der Waals surface area contributed by atoms with Gasteiger partial charge in [-0.25, -0.2) is 9.97 Å². The Labute approximate surface area is 165 Å². The van der Waals surface area contributed by atoms with Crippen LogP contribution in [0.3, 0.4) is 0 Å². The van der Waals surface area contributed by atoms with Crippen molar-refractivity contribution in [2.24, 2.45) is 5.92 Å². The summed E-state index contributed by atoms with van der Waals surface area (Å²) >= 11 is 0. The van der Waals surface area contributed by atoms with Crippen LogP contribution in [-0.4, -0.2) is 73.4 Å². The minimum atomic E-state index is -0.0169. The summed E-state index contributed by atoms with van der Waals surface area (Å²) in [5, 5.41) is 1.09. The highest BCUT2D eigenvalue weighted by molar-refractivity contribution is 5.82. The lowest BCUT2D eigenvalue weighted by Crippen LogP contribution is -2.45. The molecule has 7 nitrogen and oxygen atoms in total. The first-order valence-electron chi connectivity index (χ1n) is 10.0. The van der Waals surface area contributed by atoms with E-state index in [4.69, 9.17) is 19.4 Å². The zero-order chi connectivity index (χ0) is 19.5. The van der Waals surface area contributed by atoms with Crippen molar-refractivity contribution in [3.05, 3.63) is 30.0 Å². The number of hydrogen-bond donors (Lipinski definition) is 0. The number of fused-ring (bicyclic) bond motifs is 1. The van der Waals surface area contributed by atoms with E-state index in [2.05, 4.69) is 11.0 Å². The van der Waals surface area contributed by atoms with Gasteiger partial charge in [-0.3, -0.25) is 4.79 Å². The third-order valence-electron chi connectivity index (χ3n) is 5.65. The van der Waals surface area contributed by atoms with E-state index >= 15 is 0 Å². The number of para-hydroxylation sites is 1. The number of piperidine rings is 1. The topological polar surface area (TPSA) is 67.8 Å². The van der Waals surface area contributed by atoms with Gasteiger partial charge in [0.25, 0.3) is 0 Å². The number of ether oxygens (including phenoxy) is 2. The van der Waals surface area contributed by atoms with E-state index in [0.29, 0.717) is 26.4 Å². The molecule has 0 N–H and O–H groups in total. The molecule has 2 aliphatic heterocycles. The molecular formula is C21H28N4O3. The van der Waals surface area contributed by atoms with E-state index in [1.807, 2.05) is 32.2 Å². The number of benzene rings is 1. The fourth-order valence-electron chi connectivity index (χ4n) is 4.04. The standard InChI is InChI=1S/C21H28N4O3/c1-15-18-5-3-4-6-19(18)23-21(22-15)25-9-7-16(8-10-25)20(26)24(2)13-17-14-27-11-12-28-17/h3-6,16-17H,7-14H2,1-2H3. The third kappa shape index (κ3) is 4.10. The average molecular weight is 384 g/mol. The maximum absolute atomic E-state index is 12.8. The molecule has 1 unspecified atom stereocenters. The number of aryl methyl sites for hydroxylation is 1. The summed E-state index contributed by atoms with van der Waals surface area (Å²) in [6.45, 7) is 6.02. The van der Waals surface area contributed by atoms with Gasteiger partial charge in [0, 0.05) is 38.0 Å². The van der Waals surface area contributed by atoms with Gasteiger partial charge in [0.05, 0.1) is 37.1 Å². The predicted octanol–water partition coefficient (Wildman–Crippen LogP) is 2.03. The van der Waals surface area contributed by atoms with Crippen LogP contribution in [0.1, 0.15) is 18.5 Å². The van der Waals surface area contributed by atoms with Gasteiger partial charge >= 0.3 is 0 Å². The SMILES string of the molecule is Cc1nc(N2CCC(C(=O)N(C)CC3COCCO3)CC2)nc2ccccc12. The Morgan fingerprint density at radius 1 is 1.21 bits per heavy atom. The molecule has 7 heteroatoms. The van der Waals surface area contributed by atoms with Gasteiger partial charge in [-0.1, -0.05) is 18.2 Å². The number of carbonyl (C=O) groups excluding carboxylic acids is 1. The monoisotopic (exact) mass is 384 g/mol. The van der Waals surface area contributed by atoms with E-state index in [0.717, 1.165) is 48.5 Å². The zero-order valence-electron chi connectivity index (χ0n) is 16.6. The molecule has 1 atom stereocenters. The van der Waals surface area contributed by atoms with Crippen molar-refractivity contribution in [3.8, 4) is 0 Å². The molecule has 3 heterocycles. The molecule has 2 aliphatic rings. The van der Waals surface area contributed by atoms with E-state index < -0.39 is 0 Å². The number of amides is 1. The van der Waals surface area contributed by atoms with Crippen LogP contribution in [0.5, 0.6) is 0 Å². The second kappa shape index (κ2) is 8.41. The van der Waals surface area contributed by atoms with E-state index in [1.54, 1.807) is 4.90 Å². The minimum absolute atomic E-state index is 0.0169. The number of anilines is 1. The maximum Gasteiger partial charge on any atom is 0.226 e. The van der Waals surface area contributed by atoms with Crippen LogP contribution in [-0.2, 0) is 14.3 Å². The maximum atomic E-state index is 12.8. The Morgan fingerprint density at radius 2 is 2.00 bits per heavy atom. The number of carbonyl (C=O) groups is 1. The highest BCUT2D eigenvalue weighted by Gasteiger charge is 2.29. The summed E-state index contributed by atoms with van der Waals surface area (Å²) in [6.07, 6.45) is 1.62. The van der Waals surface area contributed by atoms with Crippen molar-refractivity contribution in [1.82, 2.24) is 14.9 Å². The lowest BCUT2D eigenvalue weighted by molar-refractivity contribution is -0.140. The Hall–Kier alpha value is -2.25. The minimum Gasteiger partial charge on any atom is -0.376 e. The van der Waals surface area contributed by atoms with Crippen molar-refractivity contribution >= 4 is 22.8 Å². The fraction of sp³-hybridized carbons (Fsp3) is 0.571. The lowest BCUT2D eigenvalue weighted by Gasteiger charge is -2.34. The van der Waals surface area contributed by atoms with Crippen molar-refractivity contribution in [3.63, 3.8) is 0 Å². The molecule has 0 saturated carbocycles. The number of likely N-dealkylation sites (N-methyl/N-ethyl adjacent to an activating group) is 1. The van der Waals surface area contributed by atoms with Gasteiger partial charge in [-0.2, -0.15) is 0 Å². The lowest BCUT2D eigenvalue weighted by atomic mass is 9.95. The van der Waals surface area contributed by atoms with Crippen molar-refractivity contribution in [1.29, 1.82) is 0 Å². The van der Waals surface area contributed by atoms with Crippen LogP contribution in [0.15, 0.2) is 24.3 Å². The highest BCUT2D eigenvalue weighted by Crippen LogP contribution is 2.25. The molecule has 1 amide bonds. The van der Waals surface area contributed by atoms with E-state index in [1.165, 1.54) is 0 Å². The second-order valence-electron chi connectivity index (χ2n) is 7.67. The molecular weight excluding hydrogens is 356 g/mol. The molecule has 0 spiro atoms. The quantitative estimate of drug-likeness (QED) is 0.804. The van der Waals surface area contributed by atoms with Gasteiger partial charge in [0.1, 0.15) is 0 Å².